The summed E-state index contributed by atoms with van der Waals surface area (Å²) in [5.74, 6) is 0.990. The Balaban J connectivity index is 2.22. The second-order valence-corrected chi connectivity index (χ2v) is 4.25. The molecular weight excluding hydrogens is 214 g/mol. The van der Waals surface area contributed by atoms with Gasteiger partial charge in [0.2, 0.25) is 0 Å². The Morgan fingerprint density at radius 3 is 3.06 bits per heavy atom. The van der Waals surface area contributed by atoms with E-state index < -0.39 is 0 Å². The highest BCUT2D eigenvalue weighted by Crippen LogP contribution is 2.18. The lowest BCUT2D eigenvalue weighted by molar-refractivity contribution is 0.709. The molecule has 0 aliphatic heterocycles. The van der Waals surface area contributed by atoms with Crippen LogP contribution in [0.2, 0.25) is 0 Å². The molecule has 0 amide bonds. The van der Waals surface area contributed by atoms with Crippen LogP contribution in [0.3, 0.4) is 0 Å². The Kier molecular flexibility index (Phi) is 3.58. The van der Waals surface area contributed by atoms with Gasteiger partial charge in [-0.15, -0.1) is 0 Å². The van der Waals surface area contributed by atoms with Gasteiger partial charge in [0.25, 0.3) is 0 Å². The number of aryl methyl sites for hydroxylation is 1. The van der Waals surface area contributed by atoms with Gasteiger partial charge in [0.05, 0.1) is 5.69 Å². The van der Waals surface area contributed by atoms with E-state index in [1.165, 1.54) is 0 Å². The molecule has 0 spiro atoms. The molecule has 0 fully saturated rings. The van der Waals surface area contributed by atoms with Crippen LogP contribution >= 0.6 is 0 Å². The van der Waals surface area contributed by atoms with Crippen molar-refractivity contribution in [1.29, 1.82) is 0 Å². The molecule has 0 aromatic carbocycles. The molecule has 0 bridgehead atoms. The summed E-state index contributed by atoms with van der Waals surface area (Å²) in [6.07, 6.45) is 4.78. The van der Waals surface area contributed by atoms with Crippen LogP contribution in [-0.4, -0.2) is 41.8 Å². The first kappa shape index (κ1) is 11.9. The van der Waals surface area contributed by atoms with Gasteiger partial charge in [-0.2, -0.15) is 5.10 Å². The van der Waals surface area contributed by atoms with Crippen molar-refractivity contribution in [3.63, 3.8) is 0 Å². The normalized spacial score (nSPS) is 11.0. The fourth-order valence-electron chi connectivity index (χ4n) is 1.92. The van der Waals surface area contributed by atoms with E-state index in [0.717, 1.165) is 36.5 Å². The van der Waals surface area contributed by atoms with Crippen LogP contribution in [0.4, 0.5) is 5.82 Å². The minimum absolute atomic E-state index is 0.984. The van der Waals surface area contributed by atoms with E-state index in [0.29, 0.717) is 0 Å². The lowest BCUT2D eigenvalue weighted by Gasteiger charge is -2.18. The van der Waals surface area contributed by atoms with Crippen LogP contribution in [0.1, 0.15) is 12.1 Å². The Morgan fingerprint density at radius 2 is 2.29 bits per heavy atom. The summed E-state index contributed by atoms with van der Waals surface area (Å²) >= 11 is 0. The molecule has 92 valence electrons. The number of hydrogen-bond acceptors (Lipinski definition) is 4. The van der Waals surface area contributed by atoms with Crippen molar-refractivity contribution < 1.29 is 0 Å². The third-order valence-electron chi connectivity index (χ3n) is 2.77. The summed E-state index contributed by atoms with van der Waals surface area (Å²) in [6, 6.07) is 2.07. The summed E-state index contributed by atoms with van der Waals surface area (Å²) in [5.41, 5.74) is 2.08. The largest absolute Gasteiger partial charge is 0.358 e. The van der Waals surface area contributed by atoms with Crippen LogP contribution in [0.15, 0.2) is 18.5 Å². The SMILES string of the molecule is CNCCCN(C)c1nccn2nc(C)cc12. The van der Waals surface area contributed by atoms with E-state index >= 15 is 0 Å². The molecule has 0 saturated heterocycles. The maximum atomic E-state index is 4.44. The first-order valence-electron chi connectivity index (χ1n) is 5.89. The summed E-state index contributed by atoms with van der Waals surface area (Å²) in [7, 11) is 4.04. The van der Waals surface area contributed by atoms with E-state index in [9.17, 15) is 0 Å². The fraction of sp³-hybridized carbons (Fsp3) is 0.500. The standard InChI is InChI=1S/C12H19N5/c1-10-9-11-12(14-6-8-17(11)15-10)16(3)7-4-5-13-2/h6,8-9,13H,4-5,7H2,1-3H3. The highest BCUT2D eigenvalue weighted by Gasteiger charge is 2.09. The zero-order valence-corrected chi connectivity index (χ0v) is 10.6. The molecular formula is C12H19N5. The highest BCUT2D eigenvalue weighted by atomic mass is 15.3. The predicted molar refractivity (Wildman–Crippen MR) is 69.5 cm³/mol. The molecule has 5 heteroatoms. The summed E-state index contributed by atoms with van der Waals surface area (Å²) < 4.78 is 1.88. The average Bonchev–Trinajstić information content (AvgIpc) is 2.69. The number of aromatic nitrogens is 3. The van der Waals surface area contributed by atoms with E-state index in [1.807, 2.05) is 24.7 Å². The van der Waals surface area contributed by atoms with Gasteiger partial charge in [-0.25, -0.2) is 9.50 Å². The molecule has 5 nitrogen and oxygen atoms in total. The summed E-state index contributed by atoms with van der Waals surface area (Å²) in [5, 5.41) is 7.54. The van der Waals surface area contributed by atoms with Gasteiger partial charge in [-0.3, -0.25) is 0 Å². The second-order valence-electron chi connectivity index (χ2n) is 4.25. The minimum Gasteiger partial charge on any atom is -0.358 e. The van der Waals surface area contributed by atoms with Gasteiger partial charge in [0.1, 0.15) is 5.52 Å². The van der Waals surface area contributed by atoms with Crippen LogP contribution in [0, 0.1) is 6.92 Å². The van der Waals surface area contributed by atoms with Crippen LogP contribution < -0.4 is 10.2 Å². The number of nitrogens with zero attached hydrogens (tertiary/aromatic N) is 4. The molecule has 0 atom stereocenters. The number of anilines is 1. The first-order chi connectivity index (χ1) is 8.22. The molecule has 2 rings (SSSR count). The van der Waals surface area contributed by atoms with E-state index in [1.54, 1.807) is 6.20 Å². The summed E-state index contributed by atoms with van der Waals surface area (Å²) in [6.45, 7) is 4.00. The van der Waals surface area contributed by atoms with Crippen molar-refractivity contribution in [2.75, 3.05) is 32.1 Å². The van der Waals surface area contributed by atoms with Crippen molar-refractivity contribution in [1.82, 2.24) is 19.9 Å². The molecule has 2 aromatic heterocycles. The van der Waals surface area contributed by atoms with Gasteiger partial charge in [0.15, 0.2) is 5.82 Å². The van der Waals surface area contributed by atoms with E-state index in [2.05, 4.69) is 33.4 Å². The highest BCUT2D eigenvalue weighted by molar-refractivity contribution is 5.68. The Morgan fingerprint density at radius 1 is 1.47 bits per heavy atom. The maximum Gasteiger partial charge on any atom is 0.154 e. The lowest BCUT2D eigenvalue weighted by Crippen LogP contribution is -2.23. The molecule has 0 radical (unpaired) electrons. The van der Waals surface area contributed by atoms with Crippen molar-refractivity contribution >= 4 is 11.3 Å². The minimum atomic E-state index is 0.984. The van der Waals surface area contributed by atoms with Gasteiger partial charge < -0.3 is 10.2 Å². The third-order valence-corrected chi connectivity index (χ3v) is 2.77. The molecule has 0 unspecified atom stereocenters. The fourth-order valence-corrected chi connectivity index (χ4v) is 1.92. The zero-order valence-electron chi connectivity index (χ0n) is 10.6. The molecule has 2 heterocycles. The van der Waals surface area contributed by atoms with Crippen molar-refractivity contribution in [3.05, 3.63) is 24.2 Å². The Labute approximate surface area is 101 Å². The maximum absolute atomic E-state index is 4.44. The van der Waals surface area contributed by atoms with Gasteiger partial charge in [-0.1, -0.05) is 0 Å². The van der Waals surface area contributed by atoms with Crippen molar-refractivity contribution in [3.8, 4) is 0 Å². The number of hydrogen-bond donors (Lipinski definition) is 1. The van der Waals surface area contributed by atoms with Crippen molar-refractivity contribution in [2.24, 2.45) is 0 Å². The quantitative estimate of drug-likeness (QED) is 0.785. The topological polar surface area (TPSA) is 45.5 Å². The van der Waals surface area contributed by atoms with Crippen LogP contribution in [0.25, 0.3) is 5.52 Å². The zero-order chi connectivity index (χ0) is 12.3. The third kappa shape index (κ3) is 2.55. The average molecular weight is 233 g/mol. The van der Waals surface area contributed by atoms with E-state index in [4.69, 9.17) is 0 Å². The Hall–Kier alpha value is -1.62. The molecule has 0 saturated carbocycles. The molecule has 1 N–H and O–H groups in total. The summed E-state index contributed by atoms with van der Waals surface area (Å²) in [4.78, 5) is 6.62. The van der Waals surface area contributed by atoms with Crippen LogP contribution in [-0.2, 0) is 0 Å². The van der Waals surface area contributed by atoms with Gasteiger partial charge >= 0.3 is 0 Å². The molecule has 17 heavy (non-hydrogen) atoms. The van der Waals surface area contributed by atoms with Crippen LogP contribution in [0.5, 0.6) is 0 Å². The smallest absolute Gasteiger partial charge is 0.154 e. The Bertz CT molecular complexity index is 491. The molecule has 2 aromatic rings. The predicted octanol–water partition coefficient (Wildman–Crippen LogP) is 1.08. The first-order valence-corrected chi connectivity index (χ1v) is 5.89. The lowest BCUT2D eigenvalue weighted by atomic mass is 10.3. The molecule has 0 aliphatic rings. The number of rotatable bonds is 5. The van der Waals surface area contributed by atoms with E-state index in [-0.39, 0.29) is 0 Å². The van der Waals surface area contributed by atoms with Crippen molar-refractivity contribution in [2.45, 2.75) is 13.3 Å². The van der Waals surface area contributed by atoms with Gasteiger partial charge in [-0.05, 0) is 33.0 Å². The molecule has 0 aliphatic carbocycles. The van der Waals surface area contributed by atoms with Gasteiger partial charge in [0, 0.05) is 26.0 Å². The monoisotopic (exact) mass is 233 g/mol. The number of nitrogens with one attached hydrogen (secondary N) is 1. The number of fused-ring (bicyclic) bond motifs is 1. The second kappa shape index (κ2) is 5.14.